The summed E-state index contributed by atoms with van der Waals surface area (Å²) in [7, 11) is 0. The van der Waals surface area contributed by atoms with E-state index in [1.807, 2.05) is 23.7 Å². The molecule has 3 heterocycles. The van der Waals surface area contributed by atoms with Gasteiger partial charge in [0, 0.05) is 30.1 Å². The Balaban J connectivity index is 1.25. The minimum absolute atomic E-state index is 0.235. The first-order valence-corrected chi connectivity index (χ1v) is 11.0. The van der Waals surface area contributed by atoms with E-state index in [2.05, 4.69) is 25.3 Å². The van der Waals surface area contributed by atoms with Gasteiger partial charge in [-0.05, 0) is 44.7 Å². The van der Waals surface area contributed by atoms with Crippen LogP contribution >= 0.6 is 23.2 Å². The molecule has 1 spiro atoms. The summed E-state index contributed by atoms with van der Waals surface area (Å²) in [5, 5.41) is 19.8. The Morgan fingerprint density at radius 1 is 1.17 bits per heavy atom. The van der Waals surface area contributed by atoms with Gasteiger partial charge >= 0.3 is 0 Å². The molecule has 1 aliphatic heterocycles. The predicted molar refractivity (Wildman–Crippen MR) is 118 cm³/mol. The zero-order valence-electron chi connectivity index (χ0n) is 16.6. The second kappa shape index (κ2) is 6.22. The number of rotatable bonds is 4. The lowest BCUT2D eigenvalue weighted by atomic mass is 9.56. The molecule has 6 rings (SSSR count). The Morgan fingerprint density at radius 2 is 1.93 bits per heavy atom. The van der Waals surface area contributed by atoms with Gasteiger partial charge in [0.1, 0.15) is 0 Å². The third-order valence-electron chi connectivity index (χ3n) is 6.43. The number of nitrogens with one attached hydrogen (secondary N) is 1. The SMILES string of the molecule is CC1(O)CC2(CN(c3cc4nc(Nc5cnn(C6CC6)c5Cl)ncc4cc3Cl)C2)C1. The summed E-state index contributed by atoms with van der Waals surface area (Å²) in [6.45, 7) is 3.75. The topological polar surface area (TPSA) is 79.1 Å². The van der Waals surface area contributed by atoms with Crippen LogP contribution < -0.4 is 10.2 Å². The maximum Gasteiger partial charge on any atom is 0.227 e. The van der Waals surface area contributed by atoms with Gasteiger partial charge < -0.3 is 15.3 Å². The summed E-state index contributed by atoms with van der Waals surface area (Å²) in [4.78, 5) is 11.3. The Kier molecular flexibility index (Phi) is 3.87. The van der Waals surface area contributed by atoms with E-state index in [0.717, 1.165) is 55.4 Å². The summed E-state index contributed by atoms with van der Waals surface area (Å²) in [5.41, 5.74) is 2.23. The highest BCUT2D eigenvalue weighted by Gasteiger charge is 2.57. The molecule has 2 N–H and O–H groups in total. The smallest absolute Gasteiger partial charge is 0.227 e. The lowest BCUT2D eigenvalue weighted by Crippen LogP contribution is -2.67. The van der Waals surface area contributed by atoms with Crippen molar-refractivity contribution in [2.24, 2.45) is 5.41 Å². The van der Waals surface area contributed by atoms with Gasteiger partial charge in [0.25, 0.3) is 0 Å². The number of benzene rings is 1. The molecule has 0 unspecified atom stereocenters. The molecule has 2 aromatic heterocycles. The molecule has 1 aromatic carbocycles. The maximum atomic E-state index is 10.1. The van der Waals surface area contributed by atoms with Crippen LogP contribution in [0.25, 0.3) is 10.9 Å². The van der Waals surface area contributed by atoms with E-state index in [1.54, 1.807) is 12.4 Å². The molecule has 3 aliphatic rings. The first kappa shape index (κ1) is 18.7. The maximum absolute atomic E-state index is 10.1. The Bertz CT molecular complexity index is 1160. The lowest BCUT2D eigenvalue weighted by molar-refractivity contribution is -0.126. The molecular weight excluding hydrogens is 423 g/mol. The third kappa shape index (κ3) is 3.02. The first-order chi connectivity index (χ1) is 14.3. The van der Waals surface area contributed by atoms with Crippen molar-refractivity contribution in [1.82, 2.24) is 19.7 Å². The number of hydrogen-bond acceptors (Lipinski definition) is 6. The molecule has 9 heteroatoms. The van der Waals surface area contributed by atoms with Crippen molar-refractivity contribution in [3.63, 3.8) is 0 Å². The van der Waals surface area contributed by atoms with Crippen molar-refractivity contribution in [3.8, 4) is 0 Å². The lowest BCUT2D eigenvalue weighted by Gasteiger charge is -2.62. The number of halogens is 2. The largest absolute Gasteiger partial charge is 0.390 e. The van der Waals surface area contributed by atoms with Crippen LogP contribution in [-0.2, 0) is 0 Å². The second-order valence-electron chi connectivity index (χ2n) is 9.41. The highest BCUT2D eigenvalue weighted by Crippen LogP contribution is 2.55. The fraction of sp³-hybridized carbons (Fsp3) is 0.476. The zero-order chi connectivity index (χ0) is 20.7. The molecule has 156 valence electrons. The van der Waals surface area contributed by atoms with Gasteiger partial charge in [0.05, 0.1) is 39.8 Å². The molecule has 0 bridgehead atoms. The van der Waals surface area contributed by atoms with Gasteiger partial charge in [-0.25, -0.2) is 14.6 Å². The molecule has 1 saturated heterocycles. The molecule has 0 amide bonds. The van der Waals surface area contributed by atoms with Crippen molar-refractivity contribution in [1.29, 1.82) is 0 Å². The highest BCUT2D eigenvalue weighted by atomic mass is 35.5. The fourth-order valence-electron chi connectivity index (χ4n) is 5.19. The van der Waals surface area contributed by atoms with E-state index < -0.39 is 5.60 Å². The molecule has 3 aromatic rings. The van der Waals surface area contributed by atoms with Crippen LogP contribution in [0.2, 0.25) is 10.2 Å². The average molecular weight is 445 g/mol. The van der Waals surface area contributed by atoms with Crippen LogP contribution in [0.5, 0.6) is 0 Å². The predicted octanol–water partition coefficient (Wildman–Crippen LogP) is 4.56. The van der Waals surface area contributed by atoms with Crippen molar-refractivity contribution < 1.29 is 5.11 Å². The van der Waals surface area contributed by atoms with E-state index in [1.165, 1.54) is 0 Å². The Morgan fingerprint density at radius 3 is 2.63 bits per heavy atom. The summed E-state index contributed by atoms with van der Waals surface area (Å²) in [5.74, 6) is 0.475. The van der Waals surface area contributed by atoms with Crippen LogP contribution in [0.1, 0.15) is 38.6 Å². The van der Waals surface area contributed by atoms with Gasteiger partial charge in [-0.15, -0.1) is 0 Å². The van der Waals surface area contributed by atoms with Crippen molar-refractivity contribution in [3.05, 3.63) is 34.7 Å². The molecule has 2 saturated carbocycles. The fourth-order valence-corrected chi connectivity index (χ4v) is 5.76. The number of aliphatic hydroxyl groups is 1. The molecule has 2 aliphatic carbocycles. The Hall–Kier alpha value is -2.09. The minimum Gasteiger partial charge on any atom is -0.390 e. The molecule has 7 nitrogen and oxygen atoms in total. The molecule has 3 fully saturated rings. The molecular formula is C21H22Cl2N6O. The number of aromatic nitrogens is 4. The third-order valence-corrected chi connectivity index (χ3v) is 7.11. The minimum atomic E-state index is -0.512. The zero-order valence-corrected chi connectivity index (χ0v) is 18.1. The van der Waals surface area contributed by atoms with Crippen LogP contribution in [0, 0.1) is 5.41 Å². The van der Waals surface area contributed by atoms with Crippen LogP contribution in [0.15, 0.2) is 24.5 Å². The Labute approximate surface area is 184 Å². The molecule has 0 atom stereocenters. The van der Waals surface area contributed by atoms with Crippen LogP contribution in [-0.4, -0.2) is 43.5 Å². The summed E-state index contributed by atoms with van der Waals surface area (Å²) in [6.07, 6.45) is 7.42. The van der Waals surface area contributed by atoms with Crippen molar-refractivity contribution in [2.45, 2.75) is 44.2 Å². The summed E-state index contributed by atoms with van der Waals surface area (Å²) in [6, 6.07) is 4.34. The number of hydrogen-bond donors (Lipinski definition) is 2. The highest BCUT2D eigenvalue weighted by molar-refractivity contribution is 6.34. The van der Waals surface area contributed by atoms with Crippen molar-refractivity contribution >= 4 is 51.4 Å². The molecule has 0 radical (unpaired) electrons. The van der Waals surface area contributed by atoms with Gasteiger partial charge in [-0.2, -0.15) is 5.10 Å². The van der Waals surface area contributed by atoms with E-state index >= 15 is 0 Å². The number of anilines is 3. The van der Waals surface area contributed by atoms with E-state index in [-0.39, 0.29) is 5.41 Å². The van der Waals surface area contributed by atoms with Crippen molar-refractivity contribution in [2.75, 3.05) is 23.3 Å². The first-order valence-electron chi connectivity index (χ1n) is 10.2. The van der Waals surface area contributed by atoms with Gasteiger partial charge in [0.15, 0.2) is 5.15 Å². The van der Waals surface area contributed by atoms with Gasteiger partial charge in [-0.3, -0.25) is 0 Å². The quantitative estimate of drug-likeness (QED) is 0.613. The van der Waals surface area contributed by atoms with E-state index in [0.29, 0.717) is 27.9 Å². The number of nitrogens with zero attached hydrogens (tertiary/aromatic N) is 5. The van der Waals surface area contributed by atoms with Gasteiger partial charge in [0.2, 0.25) is 5.95 Å². The van der Waals surface area contributed by atoms with E-state index in [4.69, 9.17) is 23.2 Å². The normalized spacial score (nSPS) is 21.5. The molecule has 30 heavy (non-hydrogen) atoms. The summed E-state index contributed by atoms with van der Waals surface area (Å²) >= 11 is 13.0. The summed E-state index contributed by atoms with van der Waals surface area (Å²) < 4.78 is 1.85. The number of fused-ring (bicyclic) bond motifs is 1. The van der Waals surface area contributed by atoms with E-state index in [9.17, 15) is 5.11 Å². The average Bonchev–Trinajstić information content (AvgIpc) is 3.42. The van der Waals surface area contributed by atoms with Gasteiger partial charge in [-0.1, -0.05) is 23.2 Å². The van der Waals surface area contributed by atoms with Crippen LogP contribution in [0.4, 0.5) is 17.3 Å². The van der Waals surface area contributed by atoms with Crippen LogP contribution in [0.3, 0.4) is 0 Å². The standard InChI is InChI=1S/C21H22Cl2N6O/c1-20(30)8-21(9-20)10-28(11-21)17-5-15-12(4-14(17)22)6-24-19(26-15)27-16-7-25-29(18(16)23)13-2-3-13/h4-7,13,30H,2-3,8-11H2,1H3,(H,24,26,27). The monoisotopic (exact) mass is 444 g/mol. The second-order valence-corrected chi connectivity index (χ2v) is 10.2.